The van der Waals surface area contributed by atoms with Crippen molar-refractivity contribution >= 4 is 44.1 Å². The summed E-state index contributed by atoms with van der Waals surface area (Å²) in [5, 5.41) is 6.94. The van der Waals surface area contributed by atoms with Crippen molar-refractivity contribution in [1.82, 2.24) is 9.97 Å². The molecule has 2 N–H and O–H groups in total. The van der Waals surface area contributed by atoms with Crippen molar-refractivity contribution in [3.63, 3.8) is 0 Å². The van der Waals surface area contributed by atoms with Gasteiger partial charge in [0.1, 0.15) is 11.5 Å². The normalized spacial score (nSPS) is 23.3. The van der Waals surface area contributed by atoms with Crippen molar-refractivity contribution in [2.24, 2.45) is 11.3 Å². The second kappa shape index (κ2) is 9.23. The molecule has 0 spiro atoms. The number of carbonyl (C=O) groups excluding carboxylic acids is 1. The van der Waals surface area contributed by atoms with Crippen LogP contribution >= 0.6 is 11.6 Å². The van der Waals surface area contributed by atoms with E-state index in [1.807, 2.05) is 18.2 Å². The zero-order valence-corrected chi connectivity index (χ0v) is 22.0. The molecule has 0 bridgehead atoms. The first-order valence-electron chi connectivity index (χ1n) is 11.7. The summed E-state index contributed by atoms with van der Waals surface area (Å²) in [4.78, 5) is 23.6. The summed E-state index contributed by atoms with van der Waals surface area (Å²) in [7, 11) is -1.30. The number of fused-ring (bicyclic) bond motifs is 1. The predicted octanol–water partition coefficient (Wildman–Crippen LogP) is 6.03. The molecule has 0 atom stereocenters. The maximum Gasteiger partial charge on any atom is 0.327 e. The highest BCUT2D eigenvalue weighted by atomic mass is 35.5. The van der Waals surface area contributed by atoms with Gasteiger partial charge in [0.2, 0.25) is 5.95 Å². The van der Waals surface area contributed by atoms with Gasteiger partial charge in [0.15, 0.2) is 9.04 Å². The Hall–Kier alpha value is -2.16. The minimum absolute atomic E-state index is 0.258. The van der Waals surface area contributed by atoms with Gasteiger partial charge in [0, 0.05) is 11.8 Å². The molecule has 2 aliphatic rings. The highest BCUT2D eigenvalue weighted by Crippen LogP contribution is 2.43. The lowest BCUT2D eigenvalue weighted by Crippen LogP contribution is -2.48. The number of hydrogen-bond donors (Lipinski definition) is 2. The Balaban J connectivity index is 1.53. The molecule has 2 heterocycles. The number of halogens is 1. The SMILES string of the molecule is C[SiH](C)OC1(Nc2ncc3c(n2)NC(=O)N(c2ccccc2Cl)C3)CCC(C(C)(C)C)CC1. The van der Waals surface area contributed by atoms with Gasteiger partial charge in [-0.3, -0.25) is 10.2 Å². The molecule has 1 aromatic heterocycles. The number of nitrogens with one attached hydrogen (secondary N) is 2. The van der Waals surface area contributed by atoms with Crippen LogP contribution in [-0.4, -0.2) is 30.8 Å². The maximum absolute atomic E-state index is 12.8. The van der Waals surface area contributed by atoms with E-state index in [4.69, 9.17) is 16.0 Å². The first-order chi connectivity index (χ1) is 15.6. The first kappa shape index (κ1) is 24.0. The van der Waals surface area contributed by atoms with Crippen LogP contribution in [0.2, 0.25) is 18.1 Å². The fourth-order valence-electron chi connectivity index (χ4n) is 4.84. The number of nitrogens with zero attached hydrogens (tertiary/aromatic N) is 3. The van der Waals surface area contributed by atoms with E-state index >= 15 is 0 Å². The Labute approximate surface area is 203 Å². The minimum atomic E-state index is -1.30. The fraction of sp³-hybridized carbons (Fsp3) is 0.542. The molecule has 2 aromatic rings. The van der Waals surface area contributed by atoms with Crippen LogP contribution in [0, 0.1) is 11.3 Å². The highest BCUT2D eigenvalue weighted by Gasteiger charge is 2.40. The minimum Gasteiger partial charge on any atom is -0.399 e. The van der Waals surface area contributed by atoms with Gasteiger partial charge in [-0.2, -0.15) is 4.98 Å². The summed E-state index contributed by atoms with van der Waals surface area (Å²) in [5.41, 5.74) is 1.35. The molecule has 7 nitrogen and oxygen atoms in total. The lowest BCUT2D eigenvalue weighted by Gasteiger charge is -2.45. The van der Waals surface area contributed by atoms with Gasteiger partial charge < -0.3 is 9.74 Å². The van der Waals surface area contributed by atoms with E-state index in [0.29, 0.717) is 40.4 Å². The Morgan fingerprint density at radius 1 is 1.24 bits per heavy atom. The van der Waals surface area contributed by atoms with Gasteiger partial charge in [0.25, 0.3) is 0 Å². The zero-order valence-electron chi connectivity index (χ0n) is 20.1. The fourth-order valence-corrected chi connectivity index (χ4v) is 6.28. The van der Waals surface area contributed by atoms with E-state index in [9.17, 15) is 4.79 Å². The molecule has 1 aliphatic carbocycles. The third-order valence-corrected chi connectivity index (χ3v) is 7.87. The number of aromatic nitrogens is 2. The van der Waals surface area contributed by atoms with E-state index in [-0.39, 0.29) is 6.03 Å². The molecule has 1 fully saturated rings. The van der Waals surface area contributed by atoms with E-state index in [1.165, 1.54) is 0 Å². The Morgan fingerprint density at radius 2 is 1.94 bits per heavy atom. The lowest BCUT2D eigenvalue weighted by atomic mass is 9.70. The summed E-state index contributed by atoms with van der Waals surface area (Å²) < 4.78 is 6.53. The van der Waals surface area contributed by atoms with Crippen LogP contribution in [0.4, 0.5) is 22.2 Å². The van der Waals surface area contributed by atoms with Crippen LogP contribution in [0.1, 0.15) is 52.0 Å². The molecule has 2 amide bonds. The van der Waals surface area contributed by atoms with E-state index in [0.717, 1.165) is 31.2 Å². The number of anilines is 3. The van der Waals surface area contributed by atoms with Crippen molar-refractivity contribution < 1.29 is 9.22 Å². The topological polar surface area (TPSA) is 79.4 Å². The second-order valence-electron chi connectivity index (χ2n) is 10.5. The molecule has 4 rings (SSSR count). The summed E-state index contributed by atoms with van der Waals surface area (Å²) in [6.45, 7) is 11.7. The molecule has 1 saturated carbocycles. The lowest BCUT2D eigenvalue weighted by molar-refractivity contribution is 0.0169. The van der Waals surface area contributed by atoms with Gasteiger partial charge in [-0.1, -0.05) is 44.5 Å². The molecular weight excluding hydrogens is 454 g/mol. The van der Waals surface area contributed by atoms with Crippen LogP contribution in [0.3, 0.4) is 0 Å². The van der Waals surface area contributed by atoms with E-state index < -0.39 is 14.8 Å². The van der Waals surface area contributed by atoms with Crippen LogP contribution in [0.5, 0.6) is 0 Å². The Kier molecular flexibility index (Phi) is 6.71. The smallest absolute Gasteiger partial charge is 0.327 e. The molecule has 178 valence electrons. The largest absolute Gasteiger partial charge is 0.399 e. The highest BCUT2D eigenvalue weighted by molar-refractivity contribution is 6.48. The number of urea groups is 1. The molecule has 1 aromatic carbocycles. The molecule has 33 heavy (non-hydrogen) atoms. The number of hydrogen-bond acceptors (Lipinski definition) is 5. The van der Waals surface area contributed by atoms with Gasteiger partial charge in [-0.25, -0.2) is 9.78 Å². The second-order valence-corrected chi connectivity index (χ2v) is 13.2. The summed E-state index contributed by atoms with van der Waals surface area (Å²) in [5.74, 6) is 1.69. The Bertz CT molecular complexity index is 1020. The van der Waals surface area contributed by atoms with Crippen molar-refractivity contribution in [3.8, 4) is 0 Å². The zero-order chi connectivity index (χ0) is 23.8. The summed E-state index contributed by atoms with van der Waals surface area (Å²) >= 11 is 6.31. The van der Waals surface area contributed by atoms with E-state index in [1.54, 1.807) is 17.2 Å². The number of rotatable bonds is 5. The third-order valence-electron chi connectivity index (χ3n) is 6.63. The summed E-state index contributed by atoms with van der Waals surface area (Å²) in [6.07, 6.45) is 5.83. The monoisotopic (exact) mass is 487 g/mol. The van der Waals surface area contributed by atoms with Gasteiger partial charge in [-0.05, 0) is 62.2 Å². The van der Waals surface area contributed by atoms with E-state index in [2.05, 4.69) is 54.5 Å². The molecule has 9 heteroatoms. The maximum atomic E-state index is 12.8. The molecule has 0 radical (unpaired) electrons. The Morgan fingerprint density at radius 3 is 2.58 bits per heavy atom. The average Bonchev–Trinajstić information content (AvgIpc) is 2.73. The predicted molar refractivity (Wildman–Crippen MR) is 136 cm³/mol. The van der Waals surface area contributed by atoms with Gasteiger partial charge in [0.05, 0.1) is 17.3 Å². The average molecular weight is 488 g/mol. The number of carbonyl (C=O) groups is 1. The van der Waals surface area contributed by atoms with Crippen LogP contribution < -0.4 is 15.5 Å². The van der Waals surface area contributed by atoms with Crippen molar-refractivity contribution in [1.29, 1.82) is 0 Å². The first-order valence-corrected chi connectivity index (χ1v) is 14.9. The number of amides is 2. The molecular formula is C24H34ClN5O2Si. The van der Waals surface area contributed by atoms with Gasteiger partial charge >= 0.3 is 6.03 Å². The molecule has 0 saturated heterocycles. The molecule has 0 unspecified atom stereocenters. The van der Waals surface area contributed by atoms with Crippen molar-refractivity contribution in [2.75, 3.05) is 15.5 Å². The quantitative estimate of drug-likeness (QED) is 0.397. The van der Waals surface area contributed by atoms with Crippen molar-refractivity contribution in [3.05, 3.63) is 41.0 Å². The third kappa shape index (κ3) is 5.33. The van der Waals surface area contributed by atoms with Crippen LogP contribution in [0.25, 0.3) is 0 Å². The van der Waals surface area contributed by atoms with Crippen LogP contribution in [0.15, 0.2) is 30.5 Å². The van der Waals surface area contributed by atoms with Gasteiger partial charge in [-0.15, -0.1) is 0 Å². The molecule has 1 aliphatic heterocycles. The number of benzene rings is 1. The standard InChI is InChI=1S/C24H34ClN5O2Si/c1-23(2,3)17-10-12-24(13-11-17,32-33(4)5)29-21-26-14-16-15-30(22(31)28-20(16)27-21)19-9-7-6-8-18(19)25/h6-9,14,17,33H,10-13,15H2,1-5H3,(H2,26,27,28,29,31). The summed E-state index contributed by atoms with van der Waals surface area (Å²) in [6, 6.07) is 7.05. The van der Waals surface area contributed by atoms with Crippen molar-refractivity contribution in [2.45, 2.75) is 71.8 Å². The van der Waals surface area contributed by atoms with Crippen LogP contribution in [-0.2, 0) is 11.0 Å². The number of para-hydroxylation sites is 1.